The SMILES string of the molecule is CC(CC(=N)C(=O)N1CCOc2ccc(Cl)cc21)c1ccccc1C(F)(F)F. The van der Waals surface area contributed by atoms with Crippen LogP contribution in [-0.4, -0.2) is 24.8 Å². The van der Waals surface area contributed by atoms with Crippen LogP contribution < -0.4 is 9.64 Å². The van der Waals surface area contributed by atoms with Gasteiger partial charge in [-0.2, -0.15) is 13.2 Å². The van der Waals surface area contributed by atoms with Crippen molar-refractivity contribution in [1.29, 1.82) is 5.41 Å². The zero-order valence-corrected chi connectivity index (χ0v) is 15.8. The maximum absolute atomic E-state index is 13.2. The van der Waals surface area contributed by atoms with Gasteiger partial charge in [0.05, 0.1) is 23.5 Å². The van der Waals surface area contributed by atoms with E-state index in [9.17, 15) is 18.0 Å². The van der Waals surface area contributed by atoms with Crippen LogP contribution in [0.15, 0.2) is 42.5 Å². The lowest BCUT2D eigenvalue weighted by Gasteiger charge is -2.30. The van der Waals surface area contributed by atoms with Gasteiger partial charge in [-0.1, -0.05) is 36.7 Å². The second kappa shape index (κ2) is 7.83. The number of anilines is 1. The van der Waals surface area contributed by atoms with Crippen LogP contribution >= 0.6 is 11.6 Å². The first-order valence-corrected chi connectivity index (χ1v) is 9.04. The predicted octanol–water partition coefficient (Wildman–Crippen LogP) is 5.30. The summed E-state index contributed by atoms with van der Waals surface area (Å²) in [7, 11) is 0. The first-order chi connectivity index (χ1) is 13.2. The number of carbonyl (C=O) groups excluding carboxylic acids is 1. The van der Waals surface area contributed by atoms with E-state index in [0.29, 0.717) is 16.5 Å². The first-order valence-electron chi connectivity index (χ1n) is 8.66. The summed E-state index contributed by atoms with van der Waals surface area (Å²) in [5.74, 6) is -0.732. The fourth-order valence-corrected chi connectivity index (χ4v) is 3.42. The third-order valence-corrected chi connectivity index (χ3v) is 4.83. The Hall–Kier alpha value is -2.54. The minimum Gasteiger partial charge on any atom is -0.490 e. The van der Waals surface area contributed by atoms with Crippen molar-refractivity contribution in [3.63, 3.8) is 0 Å². The van der Waals surface area contributed by atoms with Crippen molar-refractivity contribution in [3.8, 4) is 5.75 Å². The second-order valence-electron chi connectivity index (χ2n) is 6.59. The van der Waals surface area contributed by atoms with Crippen LogP contribution in [0.25, 0.3) is 0 Å². The Kier molecular flexibility index (Phi) is 5.65. The number of fused-ring (bicyclic) bond motifs is 1. The topological polar surface area (TPSA) is 53.4 Å². The van der Waals surface area contributed by atoms with Gasteiger partial charge in [0.1, 0.15) is 12.4 Å². The smallest absolute Gasteiger partial charge is 0.416 e. The predicted molar refractivity (Wildman–Crippen MR) is 102 cm³/mol. The van der Waals surface area contributed by atoms with Crippen molar-refractivity contribution in [1.82, 2.24) is 0 Å². The number of amides is 1. The number of alkyl halides is 3. The lowest BCUT2D eigenvalue weighted by molar-refractivity contribution is -0.138. The number of benzene rings is 2. The van der Waals surface area contributed by atoms with E-state index in [0.717, 1.165) is 6.07 Å². The molecule has 4 nitrogen and oxygen atoms in total. The van der Waals surface area contributed by atoms with Gasteiger partial charge in [0.15, 0.2) is 0 Å². The number of hydrogen-bond donors (Lipinski definition) is 1. The molecule has 0 bridgehead atoms. The van der Waals surface area contributed by atoms with Crippen LogP contribution in [-0.2, 0) is 11.0 Å². The van der Waals surface area contributed by atoms with E-state index in [2.05, 4.69) is 0 Å². The first kappa shape index (κ1) is 20.2. The molecule has 0 saturated heterocycles. The lowest BCUT2D eigenvalue weighted by Crippen LogP contribution is -2.42. The van der Waals surface area contributed by atoms with Gasteiger partial charge in [-0.3, -0.25) is 10.2 Å². The van der Waals surface area contributed by atoms with Gasteiger partial charge in [-0.15, -0.1) is 0 Å². The number of halogens is 4. The van der Waals surface area contributed by atoms with Gasteiger partial charge in [-0.25, -0.2) is 0 Å². The van der Waals surface area contributed by atoms with Gasteiger partial charge >= 0.3 is 6.18 Å². The molecule has 8 heteroatoms. The second-order valence-corrected chi connectivity index (χ2v) is 7.02. The van der Waals surface area contributed by atoms with Gasteiger partial charge in [0, 0.05) is 11.4 Å². The summed E-state index contributed by atoms with van der Waals surface area (Å²) in [5, 5.41) is 8.60. The molecular formula is C20H18ClF3N2O2. The Balaban J connectivity index is 1.80. The average Bonchev–Trinajstić information content (AvgIpc) is 2.66. The summed E-state index contributed by atoms with van der Waals surface area (Å²) >= 11 is 6.00. The van der Waals surface area contributed by atoms with Crippen LogP contribution in [0, 0.1) is 5.41 Å². The summed E-state index contributed by atoms with van der Waals surface area (Å²) in [6, 6.07) is 10.1. The maximum Gasteiger partial charge on any atom is 0.416 e. The van der Waals surface area contributed by atoms with Crippen molar-refractivity contribution >= 4 is 28.9 Å². The fourth-order valence-electron chi connectivity index (χ4n) is 3.25. The van der Waals surface area contributed by atoms with Gasteiger partial charge < -0.3 is 9.64 Å². The van der Waals surface area contributed by atoms with Crippen molar-refractivity contribution in [2.75, 3.05) is 18.1 Å². The molecule has 2 aromatic carbocycles. The number of carbonyl (C=O) groups is 1. The number of nitrogens with one attached hydrogen (secondary N) is 1. The van der Waals surface area contributed by atoms with Crippen molar-refractivity contribution < 1.29 is 22.7 Å². The number of nitrogens with zero attached hydrogens (tertiary/aromatic N) is 1. The molecule has 1 atom stereocenters. The third kappa shape index (κ3) is 4.14. The number of hydrogen-bond acceptors (Lipinski definition) is 3. The van der Waals surface area contributed by atoms with Gasteiger partial charge in [0.2, 0.25) is 0 Å². The largest absolute Gasteiger partial charge is 0.490 e. The van der Waals surface area contributed by atoms with Crippen LogP contribution in [0.2, 0.25) is 5.02 Å². The van der Waals surface area contributed by atoms with Crippen molar-refractivity contribution in [2.45, 2.75) is 25.4 Å². The highest BCUT2D eigenvalue weighted by Gasteiger charge is 2.35. The normalized spacial score (nSPS) is 14.8. The summed E-state index contributed by atoms with van der Waals surface area (Å²) in [6.07, 6.45) is -4.60. The molecule has 2 aromatic rings. The molecule has 1 aliphatic rings. The minimum atomic E-state index is -4.49. The van der Waals surface area contributed by atoms with Crippen molar-refractivity contribution in [3.05, 3.63) is 58.6 Å². The van der Waals surface area contributed by atoms with Crippen LogP contribution in [0.3, 0.4) is 0 Å². The summed E-state index contributed by atoms with van der Waals surface area (Å²) in [6.45, 7) is 2.08. The molecule has 1 unspecified atom stereocenters. The molecule has 1 aliphatic heterocycles. The summed E-state index contributed by atoms with van der Waals surface area (Å²) in [4.78, 5) is 14.2. The molecular weight excluding hydrogens is 393 g/mol. The molecule has 1 heterocycles. The van der Waals surface area contributed by atoms with E-state index in [1.165, 1.54) is 23.1 Å². The Morgan fingerprint density at radius 3 is 2.71 bits per heavy atom. The van der Waals surface area contributed by atoms with Gasteiger partial charge in [-0.05, 0) is 35.7 Å². The molecule has 28 heavy (non-hydrogen) atoms. The Labute approximate surface area is 165 Å². The van der Waals surface area contributed by atoms with Crippen LogP contribution in [0.4, 0.5) is 18.9 Å². The van der Waals surface area contributed by atoms with Crippen LogP contribution in [0.5, 0.6) is 5.75 Å². The van der Waals surface area contributed by atoms with Crippen molar-refractivity contribution in [2.24, 2.45) is 0 Å². The maximum atomic E-state index is 13.2. The zero-order valence-electron chi connectivity index (χ0n) is 15.0. The molecule has 0 saturated carbocycles. The van der Waals surface area contributed by atoms with E-state index in [1.54, 1.807) is 25.1 Å². The molecule has 3 rings (SSSR count). The monoisotopic (exact) mass is 410 g/mol. The van der Waals surface area contributed by atoms with E-state index < -0.39 is 23.6 Å². The molecule has 0 aliphatic carbocycles. The quantitative estimate of drug-likeness (QED) is 0.695. The number of rotatable bonds is 4. The summed E-state index contributed by atoms with van der Waals surface area (Å²) in [5.41, 5.74) is -0.488. The van der Waals surface area contributed by atoms with E-state index in [1.807, 2.05) is 0 Å². The van der Waals surface area contributed by atoms with E-state index >= 15 is 0 Å². The zero-order chi connectivity index (χ0) is 20.5. The fraction of sp³-hybridized carbons (Fsp3) is 0.300. The Bertz CT molecular complexity index is 915. The van der Waals surface area contributed by atoms with E-state index in [4.69, 9.17) is 21.7 Å². The summed E-state index contributed by atoms with van der Waals surface area (Å²) < 4.78 is 45.2. The molecule has 0 spiro atoms. The van der Waals surface area contributed by atoms with Crippen LogP contribution in [0.1, 0.15) is 30.4 Å². The lowest BCUT2D eigenvalue weighted by atomic mass is 9.90. The molecule has 0 aromatic heterocycles. The average molecular weight is 411 g/mol. The third-order valence-electron chi connectivity index (χ3n) is 4.59. The highest BCUT2D eigenvalue weighted by Crippen LogP contribution is 2.37. The van der Waals surface area contributed by atoms with Gasteiger partial charge in [0.25, 0.3) is 5.91 Å². The highest BCUT2D eigenvalue weighted by molar-refractivity contribution is 6.43. The molecule has 1 amide bonds. The molecule has 1 N–H and O–H groups in total. The van der Waals surface area contributed by atoms with E-state index in [-0.39, 0.29) is 30.8 Å². The standard InChI is InChI=1S/C20H18ClF3N2O2/c1-12(14-4-2-3-5-15(14)20(22,23)24)10-16(25)19(27)26-8-9-28-18-7-6-13(21)11-17(18)26/h2-7,11-12,25H,8-10H2,1H3. The molecule has 0 radical (unpaired) electrons. The minimum absolute atomic E-state index is 0.0676. The highest BCUT2D eigenvalue weighted by atomic mass is 35.5. The molecule has 148 valence electrons. The Morgan fingerprint density at radius 2 is 2.00 bits per heavy atom. The Morgan fingerprint density at radius 1 is 1.29 bits per heavy atom. The molecule has 0 fully saturated rings. The number of ether oxygens (including phenoxy) is 1.